The molecule has 0 radical (unpaired) electrons. The van der Waals surface area contributed by atoms with E-state index >= 15 is 0 Å². The molecule has 168 valence electrons. The first-order chi connectivity index (χ1) is 16.1. The van der Waals surface area contributed by atoms with Gasteiger partial charge in [-0.2, -0.15) is 5.26 Å². The van der Waals surface area contributed by atoms with Gasteiger partial charge in [0.05, 0.1) is 22.2 Å². The molecule has 5 rings (SSSR count). The predicted octanol–water partition coefficient (Wildman–Crippen LogP) is 4.97. The van der Waals surface area contributed by atoms with Crippen molar-refractivity contribution in [2.24, 2.45) is 5.41 Å². The second-order valence-corrected chi connectivity index (χ2v) is 9.95. The van der Waals surface area contributed by atoms with Gasteiger partial charge in [-0.25, -0.2) is 4.98 Å². The van der Waals surface area contributed by atoms with E-state index in [0.717, 1.165) is 64.3 Å². The molecule has 0 unspecified atom stereocenters. The lowest BCUT2D eigenvalue weighted by Gasteiger charge is -2.38. The summed E-state index contributed by atoms with van der Waals surface area (Å²) in [5.74, 6) is 0. The quantitative estimate of drug-likeness (QED) is 0.472. The van der Waals surface area contributed by atoms with Gasteiger partial charge in [0.25, 0.3) is 0 Å². The number of piperidine rings is 1. The molecule has 3 N–H and O–H groups in total. The largest absolute Gasteiger partial charge is 0.388 e. The van der Waals surface area contributed by atoms with E-state index < -0.39 is 0 Å². The molecule has 0 atom stereocenters. The van der Waals surface area contributed by atoms with Gasteiger partial charge in [0.2, 0.25) is 0 Å². The average molecular weight is 457 g/mol. The predicted molar refractivity (Wildman–Crippen MR) is 137 cm³/mol. The van der Waals surface area contributed by atoms with Crippen LogP contribution in [0.2, 0.25) is 0 Å². The van der Waals surface area contributed by atoms with Crippen LogP contribution in [0.15, 0.2) is 42.5 Å². The highest BCUT2D eigenvalue weighted by Crippen LogP contribution is 2.44. The van der Waals surface area contributed by atoms with Gasteiger partial charge in [-0.3, -0.25) is 0 Å². The first kappa shape index (κ1) is 21.6. The molecule has 0 bridgehead atoms. The molecule has 2 fully saturated rings. The third kappa shape index (κ3) is 4.12. The molecule has 0 amide bonds. The van der Waals surface area contributed by atoms with Crippen molar-refractivity contribution >= 4 is 28.4 Å². The summed E-state index contributed by atoms with van der Waals surface area (Å²) in [4.78, 5) is 8.66. The van der Waals surface area contributed by atoms with Crippen molar-refractivity contribution in [1.29, 1.82) is 10.7 Å². The fourth-order valence-corrected chi connectivity index (χ4v) is 6.12. The third-order valence-electron chi connectivity index (χ3n) is 7.07. The number of rotatable bonds is 5. The summed E-state index contributed by atoms with van der Waals surface area (Å²) < 4.78 is 0. The molecule has 2 aliphatic heterocycles. The van der Waals surface area contributed by atoms with Gasteiger partial charge in [-0.1, -0.05) is 29.5 Å². The van der Waals surface area contributed by atoms with Crippen molar-refractivity contribution in [3.05, 3.63) is 53.6 Å². The molecule has 2 aliphatic rings. The summed E-state index contributed by atoms with van der Waals surface area (Å²) in [6.45, 7) is 4.35. The zero-order valence-corrected chi connectivity index (χ0v) is 19.6. The number of nitrogens with zero attached hydrogens (tertiary/aromatic N) is 3. The van der Waals surface area contributed by atoms with Crippen molar-refractivity contribution in [3.8, 4) is 27.8 Å². The van der Waals surface area contributed by atoms with E-state index in [1.807, 2.05) is 37.4 Å². The van der Waals surface area contributed by atoms with E-state index in [9.17, 15) is 5.26 Å². The Balaban J connectivity index is 1.53. The van der Waals surface area contributed by atoms with E-state index in [1.54, 1.807) is 11.3 Å². The summed E-state index contributed by atoms with van der Waals surface area (Å²) in [6, 6.07) is 16.0. The van der Waals surface area contributed by atoms with Crippen molar-refractivity contribution in [3.63, 3.8) is 0 Å². The molecule has 3 heterocycles. The smallest absolute Gasteiger partial charge is 0.186 e. The normalized spacial score (nSPS) is 17.2. The number of aromatic nitrogens is 1. The molecule has 3 aromatic rings. The topological polar surface area (TPSA) is 87.8 Å². The molecule has 1 spiro atoms. The van der Waals surface area contributed by atoms with E-state index in [1.165, 1.54) is 25.5 Å². The van der Waals surface area contributed by atoms with Gasteiger partial charge < -0.3 is 20.9 Å². The van der Waals surface area contributed by atoms with Crippen molar-refractivity contribution < 1.29 is 0 Å². The van der Waals surface area contributed by atoms with Crippen molar-refractivity contribution in [2.75, 3.05) is 43.4 Å². The maximum Gasteiger partial charge on any atom is 0.186 e. The Hall–Kier alpha value is -3.21. The van der Waals surface area contributed by atoms with Crippen LogP contribution in [-0.2, 0) is 0 Å². The van der Waals surface area contributed by atoms with Crippen molar-refractivity contribution in [1.82, 2.24) is 10.3 Å². The SMILES string of the molecule is CNc1ccc(-c2sc(N3CCC4(CCNC4)CC3)nc2-c2ccc(C#N)cc2)cc1C=N. The van der Waals surface area contributed by atoms with Crippen LogP contribution in [0.5, 0.6) is 0 Å². The van der Waals surface area contributed by atoms with Gasteiger partial charge in [-0.15, -0.1) is 0 Å². The van der Waals surface area contributed by atoms with Crippen LogP contribution in [0.25, 0.3) is 21.7 Å². The van der Waals surface area contributed by atoms with Gasteiger partial charge in [0.15, 0.2) is 5.13 Å². The monoisotopic (exact) mass is 456 g/mol. The van der Waals surface area contributed by atoms with E-state index in [4.69, 9.17) is 10.4 Å². The number of anilines is 2. The molecule has 2 aromatic carbocycles. The maximum absolute atomic E-state index is 9.20. The highest BCUT2D eigenvalue weighted by molar-refractivity contribution is 7.19. The molecule has 7 heteroatoms. The van der Waals surface area contributed by atoms with Crippen LogP contribution >= 0.6 is 11.3 Å². The number of hydrogen-bond donors (Lipinski definition) is 3. The zero-order valence-electron chi connectivity index (χ0n) is 18.8. The maximum atomic E-state index is 9.20. The lowest BCUT2D eigenvalue weighted by molar-refractivity contribution is 0.247. The fraction of sp³-hybridized carbons (Fsp3) is 0.346. The molecular formula is C26H28N6S. The third-order valence-corrected chi connectivity index (χ3v) is 8.23. The fourth-order valence-electron chi connectivity index (χ4n) is 4.98. The Kier molecular flexibility index (Phi) is 5.88. The number of nitriles is 1. The van der Waals surface area contributed by atoms with Crippen molar-refractivity contribution in [2.45, 2.75) is 19.3 Å². The molecule has 2 saturated heterocycles. The van der Waals surface area contributed by atoms with Gasteiger partial charge in [-0.05, 0) is 61.1 Å². The van der Waals surface area contributed by atoms with Crippen LogP contribution in [-0.4, -0.2) is 44.4 Å². The number of hydrogen-bond acceptors (Lipinski definition) is 7. The Morgan fingerprint density at radius 1 is 1.15 bits per heavy atom. The number of benzene rings is 2. The highest BCUT2D eigenvalue weighted by atomic mass is 32.1. The minimum atomic E-state index is 0.467. The highest BCUT2D eigenvalue weighted by Gasteiger charge is 2.37. The Labute approximate surface area is 198 Å². The minimum Gasteiger partial charge on any atom is -0.388 e. The first-order valence-electron chi connectivity index (χ1n) is 11.4. The summed E-state index contributed by atoms with van der Waals surface area (Å²) in [6.07, 6.45) is 5.08. The summed E-state index contributed by atoms with van der Waals surface area (Å²) in [5.41, 5.74) is 5.91. The summed E-state index contributed by atoms with van der Waals surface area (Å²) in [7, 11) is 1.87. The Bertz CT molecular complexity index is 1190. The van der Waals surface area contributed by atoms with E-state index in [-0.39, 0.29) is 0 Å². The molecule has 0 aliphatic carbocycles. The number of thiazole rings is 1. The summed E-state index contributed by atoms with van der Waals surface area (Å²) in [5, 5.41) is 24.8. The second-order valence-electron chi connectivity index (χ2n) is 8.97. The van der Waals surface area contributed by atoms with Crippen LogP contribution in [0, 0.1) is 22.2 Å². The minimum absolute atomic E-state index is 0.467. The van der Waals surface area contributed by atoms with Gasteiger partial charge in [0.1, 0.15) is 0 Å². The van der Waals surface area contributed by atoms with Gasteiger partial charge in [0, 0.05) is 49.7 Å². The molecule has 1 aromatic heterocycles. The van der Waals surface area contributed by atoms with E-state index in [2.05, 4.69) is 33.7 Å². The first-order valence-corrected chi connectivity index (χ1v) is 12.3. The average Bonchev–Trinajstić information content (AvgIpc) is 3.52. The van der Waals surface area contributed by atoms with E-state index in [0.29, 0.717) is 11.0 Å². The lowest BCUT2D eigenvalue weighted by Crippen LogP contribution is -2.41. The molecular weight excluding hydrogens is 428 g/mol. The molecule has 0 saturated carbocycles. The van der Waals surface area contributed by atoms with Gasteiger partial charge >= 0.3 is 0 Å². The standard InChI is InChI=1S/C26H28N6S/c1-29-22-7-6-20(14-21(22)16-28)24-23(19-4-2-18(15-27)3-5-19)31-25(33-24)32-12-9-26(10-13-32)8-11-30-17-26/h2-7,14,16,28-30H,8-13,17H2,1H3. The number of nitrogens with one attached hydrogen (secondary N) is 3. The summed E-state index contributed by atoms with van der Waals surface area (Å²) >= 11 is 1.73. The Morgan fingerprint density at radius 3 is 2.55 bits per heavy atom. The molecule has 33 heavy (non-hydrogen) atoms. The van der Waals surface area contributed by atoms with Crippen LogP contribution in [0.4, 0.5) is 10.8 Å². The van der Waals surface area contributed by atoms with Crippen LogP contribution in [0.3, 0.4) is 0 Å². The van der Waals surface area contributed by atoms with Crippen LogP contribution in [0.1, 0.15) is 30.4 Å². The lowest BCUT2D eigenvalue weighted by atomic mass is 9.78. The second kappa shape index (κ2) is 8.97. The Morgan fingerprint density at radius 2 is 1.91 bits per heavy atom. The zero-order chi connectivity index (χ0) is 22.8. The molecule has 6 nitrogen and oxygen atoms in total. The van der Waals surface area contributed by atoms with Crippen LogP contribution < -0.4 is 15.5 Å².